The lowest BCUT2D eigenvalue weighted by Crippen LogP contribution is -2.04. The Labute approximate surface area is 101 Å². The number of benzene rings is 2. The summed E-state index contributed by atoms with van der Waals surface area (Å²) in [6.07, 6.45) is 0.420. The lowest BCUT2D eigenvalue weighted by molar-refractivity contribution is 0.0993. The Balaban J connectivity index is 2.18. The fourth-order valence-corrected chi connectivity index (χ4v) is 1.70. The Bertz CT molecular complexity index is 532. The van der Waals surface area contributed by atoms with Gasteiger partial charge in [-0.3, -0.25) is 4.79 Å². The maximum Gasteiger partial charge on any atom is 0.167 e. The van der Waals surface area contributed by atoms with Crippen LogP contribution in [0, 0.1) is 6.92 Å². The number of hydrogen-bond donors (Lipinski definition) is 1. The van der Waals surface area contributed by atoms with Crippen molar-refractivity contribution < 1.29 is 4.79 Å². The van der Waals surface area contributed by atoms with Crippen molar-refractivity contribution >= 4 is 11.5 Å². The summed E-state index contributed by atoms with van der Waals surface area (Å²) in [6.45, 7) is 1.93. The van der Waals surface area contributed by atoms with E-state index < -0.39 is 0 Å². The van der Waals surface area contributed by atoms with Crippen molar-refractivity contribution in [3.8, 4) is 0 Å². The molecule has 0 bridgehead atoms. The smallest absolute Gasteiger partial charge is 0.167 e. The van der Waals surface area contributed by atoms with E-state index in [1.54, 1.807) is 6.07 Å². The normalized spacial score (nSPS) is 10.2. The van der Waals surface area contributed by atoms with Crippen molar-refractivity contribution in [2.75, 3.05) is 5.73 Å². The quantitative estimate of drug-likeness (QED) is 0.644. The molecule has 17 heavy (non-hydrogen) atoms. The van der Waals surface area contributed by atoms with Crippen LogP contribution in [0.5, 0.6) is 0 Å². The first kappa shape index (κ1) is 11.4. The highest BCUT2D eigenvalue weighted by Gasteiger charge is 2.07. The summed E-state index contributed by atoms with van der Waals surface area (Å²) in [7, 11) is 0. The van der Waals surface area contributed by atoms with E-state index in [9.17, 15) is 4.79 Å². The van der Waals surface area contributed by atoms with Gasteiger partial charge in [0.15, 0.2) is 5.78 Å². The number of anilines is 1. The number of nitrogen functional groups attached to an aromatic ring is 1. The molecular formula is C15H15NO. The molecule has 0 atom stereocenters. The second kappa shape index (κ2) is 4.83. The summed E-state index contributed by atoms with van der Waals surface area (Å²) in [4.78, 5) is 12.0. The fourth-order valence-electron chi connectivity index (χ4n) is 1.70. The molecule has 2 aromatic rings. The zero-order valence-corrected chi connectivity index (χ0v) is 9.81. The third kappa shape index (κ3) is 2.72. The number of hydrogen-bond acceptors (Lipinski definition) is 2. The van der Waals surface area contributed by atoms with Crippen LogP contribution in [0.25, 0.3) is 0 Å². The van der Waals surface area contributed by atoms with E-state index >= 15 is 0 Å². The van der Waals surface area contributed by atoms with E-state index in [0.717, 1.165) is 11.1 Å². The van der Waals surface area contributed by atoms with E-state index in [1.807, 2.05) is 49.4 Å². The van der Waals surface area contributed by atoms with Crippen molar-refractivity contribution in [2.45, 2.75) is 13.3 Å². The molecular weight excluding hydrogens is 210 g/mol. The molecule has 0 saturated heterocycles. The highest BCUT2D eigenvalue weighted by Crippen LogP contribution is 2.15. The SMILES string of the molecule is Cc1ccc(C(=O)Cc2ccccc2)cc1N. The van der Waals surface area contributed by atoms with Crippen LogP contribution in [-0.4, -0.2) is 5.78 Å². The first-order valence-electron chi connectivity index (χ1n) is 5.60. The molecule has 2 N–H and O–H groups in total. The van der Waals surface area contributed by atoms with E-state index in [1.165, 1.54) is 0 Å². The van der Waals surface area contributed by atoms with E-state index in [2.05, 4.69) is 0 Å². The second-order valence-electron chi connectivity index (χ2n) is 4.16. The number of aryl methyl sites for hydroxylation is 1. The van der Waals surface area contributed by atoms with Crippen molar-refractivity contribution in [1.82, 2.24) is 0 Å². The molecule has 0 amide bonds. The van der Waals surface area contributed by atoms with Crippen LogP contribution >= 0.6 is 0 Å². The number of ketones is 1. The van der Waals surface area contributed by atoms with Crippen LogP contribution in [0.15, 0.2) is 48.5 Å². The minimum atomic E-state index is 0.0999. The summed E-state index contributed by atoms with van der Waals surface area (Å²) >= 11 is 0. The maximum atomic E-state index is 12.0. The van der Waals surface area contributed by atoms with Crippen LogP contribution in [0.4, 0.5) is 5.69 Å². The van der Waals surface area contributed by atoms with Crippen molar-refractivity contribution in [3.63, 3.8) is 0 Å². The molecule has 2 aromatic carbocycles. The Morgan fingerprint density at radius 2 is 1.82 bits per heavy atom. The van der Waals surface area contributed by atoms with Crippen molar-refractivity contribution in [3.05, 3.63) is 65.2 Å². The number of rotatable bonds is 3. The summed E-state index contributed by atoms with van der Waals surface area (Å²) in [5.41, 5.74) is 9.17. The van der Waals surface area contributed by atoms with Gasteiger partial charge in [-0.15, -0.1) is 0 Å². The standard InChI is InChI=1S/C15H15NO/c1-11-7-8-13(10-14(11)16)15(17)9-12-5-3-2-4-6-12/h2-8,10H,9,16H2,1H3. The number of carbonyl (C=O) groups excluding carboxylic acids is 1. The number of Topliss-reactive ketones (excluding diaryl/α,β-unsaturated/α-hetero) is 1. The van der Waals surface area contributed by atoms with E-state index in [4.69, 9.17) is 5.73 Å². The van der Waals surface area contributed by atoms with Crippen LogP contribution in [0.3, 0.4) is 0 Å². The van der Waals surface area contributed by atoms with Crippen LogP contribution in [-0.2, 0) is 6.42 Å². The molecule has 0 heterocycles. The van der Waals surface area contributed by atoms with Crippen LogP contribution < -0.4 is 5.73 Å². The van der Waals surface area contributed by atoms with Gasteiger partial charge in [-0.05, 0) is 24.1 Å². The molecule has 0 spiro atoms. The molecule has 0 aliphatic carbocycles. The highest BCUT2D eigenvalue weighted by atomic mass is 16.1. The topological polar surface area (TPSA) is 43.1 Å². The molecule has 0 saturated carbocycles. The second-order valence-corrected chi connectivity index (χ2v) is 4.16. The van der Waals surface area contributed by atoms with Gasteiger partial charge in [-0.2, -0.15) is 0 Å². The van der Waals surface area contributed by atoms with Gasteiger partial charge in [-0.25, -0.2) is 0 Å². The zero-order valence-electron chi connectivity index (χ0n) is 9.81. The largest absolute Gasteiger partial charge is 0.398 e. The van der Waals surface area contributed by atoms with Gasteiger partial charge in [0, 0.05) is 17.7 Å². The Morgan fingerprint density at radius 1 is 1.12 bits per heavy atom. The average molecular weight is 225 g/mol. The number of nitrogens with two attached hydrogens (primary N) is 1. The van der Waals surface area contributed by atoms with Crippen LogP contribution in [0.1, 0.15) is 21.5 Å². The van der Waals surface area contributed by atoms with Gasteiger partial charge < -0.3 is 5.73 Å². The molecule has 2 heteroatoms. The molecule has 0 aliphatic rings. The van der Waals surface area contributed by atoms with Crippen molar-refractivity contribution in [1.29, 1.82) is 0 Å². The zero-order chi connectivity index (χ0) is 12.3. The first-order valence-corrected chi connectivity index (χ1v) is 5.60. The third-order valence-corrected chi connectivity index (χ3v) is 2.81. The first-order chi connectivity index (χ1) is 8.16. The van der Waals surface area contributed by atoms with Crippen LogP contribution in [0.2, 0.25) is 0 Å². The van der Waals surface area contributed by atoms with Gasteiger partial charge in [-0.1, -0.05) is 42.5 Å². The summed E-state index contributed by atoms with van der Waals surface area (Å²) in [5.74, 6) is 0.0999. The number of carbonyl (C=O) groups is 1. The Morgan fingerprint density at radius 3 is 2.47 bits per heavy atom. The highest BCUT2D eigenvalue weighted by molar-refractivity contribution is 5.98. The van der Waals surface area contributed by atoms with Gasteiger partial charge in [0.25, 0.3) is 0 Å². The summed E-state index contributed by atoms with van der Waals surface area (Å²) in [5, 5.41) is 0. The van der Waals surface area contributed by atoms with Gasteiger partial charge in [0.1, 0.15) is 0 Å². The molecule has 0 radical (unpaired) electrons. The maximum absolute atomic E-state index is 12.0. The lowest BCUT2D eigenvalue weighted by atomic mass is 10.0. The molecule has 2 nitrogen and oxygen atoms in total. The molecule has 0 aromatic heterocycles. The van der Waals surface area contributed by atoms with Gasteiger partial charge in [0.05, 0.1) is 0 Å². The van der Waals surface area contributed by atoms with E-state index in [0.29, 0.717) is 17.7 Å². The predicted molar refractivity (Wildman–Crippen MR) is 70.1 cm³/mol. The minimum absolute atomic E-state index is 0.0999. The monoisotopic (exact) mass is 225 g/mol. The summed E-state index contributed by atoms with van der Waals surface area (Å²) in [6, 6.07) is 15.2. The molecule has 86 valence electrons. The lowest BCUT2D eigenvalue weighted by Gasteiger charge is -2.04. The predicted octanol–water partition coefficient (Wildman–Crippen LogP) is 3.00. The molecule has 0 fully saturated rings. The molecule has 0 unspecified atom stereocenters. The Hall–Kier alpha value is -2.09. The average Bonchev–Trinajstić information content (AvgIpc) is 2.34. The van der Waals surface area contributed by atoms with Gasteiger partial charge >= 0.3 is 0 Å². The van der Waals surface area contributed by atoms with Gasteiger partial charge in [0.2, 0.25) is 0 Å². The fraction of sp³-hybridized carbons (Fsp3) is 0.133. The molecule has 0 aliphatic heterocycles. The van der Waals surface area contributed by atoms with Crippen molar-refractivity contribution in [2.24, 2.45) is 0 Å². The molecule has 2 rings (SSSR count). The summed E-state index contributed by atoms with van der Waals surface area (Å²) < 4.78 is 0. The Kier molecular flexibility index (Phi) is 3.24. The van der Waals surface area contributed by atoms with E-state index in [-0.39, 0.29) is 5.78 Å². The third-order valence-electron chi connectivity index (χ3n) is 2.81. The minimum Gasteiger partial charge on any atom is -0.398 e.